The summed E-state index contributed by atoms with van der Waals surface area (Å²) in [5, 5.41) is 3.41. The third kappa shape index (κ3) is 3.24. The van der Waals surface area contributed by atoms with Gasteiger partial charge in [-0.15, -0.1) is 0 Å². The highest BCUT2D eigenvalue weighted by atomic mass is 16.5. The lowest BCUT2D eigenvalue weighted by Crippen LogP contribution is -2.22. The zero-order chi connectivity index (χ0) is 14.5. The minimum atomic E-state index is 0.470. The molecule has 21 heavy (non-hydrogen) atoms. The molecule has 1 atom stereocenters. The van der Waals surface area contributed by atoms with Crippen LogP contribution in [0, 0.1) is 0 Å². The van der Waals surface area contributed by atoms with E-state index in [0.717, 1.165) is 18.6 Å². The standard InChI is InChI=1S/C18H22N2O/c1-19-17-6-2-5-16-15(17)4-3-7-18(16)21-13-10-14-8-11-20-12-9-14/h3-4,7-9,11-12,17,19H,2,5-6,10,13H2,1H3. The van der Waals surface area contributed by atoms with Crippen LogP contribution in [0.4, 0.5) is 0 Å². The Labute approximate surface area is 126 Å². The summed E-state index contributed by atoms with van der Waals surface area (Å²) >= 11 is 0. The van der Waals surface area contributed by atoms with Crippen LogP contribution in [0.15, 0.2) is 42.7 Å². The average molecular weight is 282 g/mol. The van der Waals surface area contributed by atoms with Crippen molar-refractivity contribution in [1.29, 1.82) is 0 Å². The first-order chi connectivity index (χ1) is 10.4. The second-order valence-corrected chi connectivity index (χ2v) is 5.51. The number of rotatable bonds is 5. The van der Waals surface area contributed by atoms with E-state index in [2.05, 4.69) is 28.5 Å². The molecule has 0 radical (unpaired) electrons. The van der Waals surface area contributed by atoms with Gasteiger partial charge in [-0.2, -0.15) is 0 Å². The molecule has 0 saturated carbocycles. The molecule has 0 saturated heterocycles. The summed E-state index contributed by atoms with van der Waals surface area (Å²) in [4.78, 5) is 4.04. The lowest BCUT2D eigenvalue weighted by molar-refractivity contribution is 0.315. The molecule has 1 unspecified atom stereocenters. The van der Waals surface area contributed by atoms with Gasteiger partial charge in [0.25, 0.3) is 0 Å². The largest absolute Gasteiger partial charge is 0.493 e. The first-order valence-electron chi connectivity index (χ1n) is 7.69. The number of hydrogen-bond donors (Lipinski definition) is 1. The Morgan fingerprint density at radius 1 is 1.24 bits per heavy atom. The van der Waals surface area contributed by atoms with E-state index in [4.69, 9.17) is 4.74 Å². The molecule has 1 aromatic carbocycles. The van der Waals surface area contributed by atoms with E-state index in [0.29, 0.717) is 12.6 Å². The molecule has 0 spiro atoms. The summed E-state index contributed by atoms with van der Waals surface area (Å²) in [6.07, 6.45) is 8.14. The predicted molar refractivity (Wildman–Crippen MR) is 84.6 cm³/mol. The van der Waals surface area contributed by atoms with Gasteiger partial charge in [-0.25, -0.2) is 0 Å². The highest BCUT2D eigenvalue weighted by Gasteiger charge is 2.21. The number of pyridine rings is 1. The third-order valence-electron chi connectivity index (χ3n) is 4.21. The maximum absolute atomic E-state index is 6.05. The topological polar surface area (TPSA) is 34.1 Å². The summed E-state index contributed by atoms with van der Waals surface area (Å²) in [5.41, 5.74) is 4.06. The van der Waals surface area contributed by atoms with Crippen LogP contribution in [0.1, 0.15) is 35.6 Å². The Kier molecular flexibility index (Phi) is 4.51. The molecule has 3 rings (SSSR count). The summed E-state index contributed by atoms with van der Waals surface area (Å²) in [6, 6.07) is 11.0. The number of nitrogens with zero attached hydrogens (tertiary/aromatic N) is 1. The Bertz CT molecular complexity index is 583. The van der Waals surface area contributed by atoms with E-state index < -0.39 is 0 Å². The fraction of sp³-hybridized carbons (Fsp3) is 0.389. The second kappa shape index (κ2) is 6.72. The van der Waals surface area contributed by atoms with Crippen molar-refractivity contribution in [3.05, 3.63) is 59.4 Å². The maximum atomic E-state index is 6.05. The van der Waals surface area contributed by atoms with Gasteiger partial charge in [-0.05, 0) is 61.2 Å². The molecule has 0 amide bonds. The van der Waals surface area contributed by atoms with Gasteiger partial charge < -0.3 is 10.1 Å². The molecule has 110 valence electrons. The van der Waals surface area contributed by atoms with Crippen molar-refractivity contribution in [2.24, 2.45) is 0 Å². The Morgan fingerprint density at radius 2 is 2.10 bits per heavy atom. The van der Waals surface area contributed by atoms with E-state index >= 15 is 0 Å². The van der Waals surface area contributed by atoms with Crippen molar-refractivity contribution in [3.8, 4) is 5.75 Å². The molecule has 0 aliphatic heterocycles. The zero-order valence-corrected chi connectivity index (χ0v) is 12.5. The molecule has 3 heteroatoms. The van der Waals surface area contributed by atoms with Gasteiger partial charge in [0.1, 0.15) is 5.75 Å². The summed E-state index contributed by atoms with van der Waals surface area (Å²) in [6.45, 7) is 0.713. The molecule has 3 nitrogen and oxygen atoms in total. The molecule has 0 fully saturated rings. The summed E-state index contributed by atoms with van der Waals surface area (Å²) in [7, 11) is 2.04. The number of fused-ring (bicyclic) bond motifs is 1. The van der Waals surface area contributed by atoms with Crippen molar-refractivity contribution in [2.45, 2.75) is 31.7 Å². The molecular formula is C18H22N2O. The minimum absolute atomic E-state index is 0.470. The highest BCUT2D eigenvalue weighted by molar-refractivity contribution is 5.43. The van der Waals surface area contributed by atoms with Gasteiger partial charge in [-0.1, -0.05) is 12.1 Å². The number of ether oxygens (including phenoxy) is 1. The van der Waals surface area contributed by atoms with Crippen LogP contribution >= 0.6 is 0 Å². The van der Waals surface area contributed by atoms with Gasteiger partial charge >= 0.3 is 0 Å². The van der Waals surface area contributed by atoms with Crippen molar-refractivity contribution < 1.29 is 4.74 Å². The molecular weight excluding hydrogens is 260 g/mol. The Hall–Kier alpha value is -1.87. The molecule has 1 aromatic heterocycles. The molecule has 1 N–H and O–H groups in total. The number of aromatic nitrogens is 1. The van der Waals surface area contributed by atoms with Crippen LogP contribution in [-0.4, -0.2) is 18.6 Å². The highest BCUT2D eigenvalue weighted by Crippen LogP contribution is 2.35. The second-order valence-electron chi connectivity index (χ2n) is 5.51. The van der Waals surface area contributed by atoms with Gasteiger partial charge in [0, 0.05) is 24.9 Å². The van der Waals surface area contributed by atoms with E-state index in [9.17, 15) is 0 Å². The van der Waals surface area contributed by atoms with E-state index in [1.165, 1.54) is 29.5 Å². The normalized spacial score (nSPS) is 17.3. The summed E-state index contributed by atoms with van der Waals surface area (Å²) < 4.78 is 6.05. The first kappa shape index (κ1) is 14.1. The molecule has 1 aliphatic rings. The first-order valence-corrected chi connectivity index (χ1v) is 7.69. The molecule has 0 bridgehead atoms. The van der Waals surface area contributed by atoms with Crippen molar-refractivity contribution in [1.82, 2.24) is 10.3 Å². The predicted octanol–water partition coefficient (Wildman–Crippen LogP) is 3.30. The van der Waals surface area contributed by atoms with E-state index in [-0.39, 0.29) is 0 Å². The quantitative estimate of drug-likeness (QED) is 0.913. The summed E-state index contributed by atoms with van der Waals surface area (Å²) in [5.74, 6) is 1.06. The van der Waals surface area contributed by atoms with Gasteiger partial charge in [0.2, 0.25) is 0 Å². The Morgan fingerprint density at radius 3 is 2.90 bits per heavy atom. The van der Waals surface area contributed by atoms with Crippen molar-refractivity contribution >= 4 is 0 Å². The smallest absolute Gasteiger partial charge is 0.122 e. The van der Waals surface area contributed by atoms with Gasteiger partial charge in [0.15, 0.2) is 0 Å². The zero-order valence-electron chi connectivity index (χ0n) is 12.5. The van der Waals surface area contributed by atoms with Crippen LogP contribution in [0.25, 0.3) is 0 Å². The van der Waals surface area contributed by atoms with Gasteiger partial charge in [-0.3, -0.25) is 4.98 Å². The number of hydrogen-bond acceptors (Lipinski definition) is 3. The lowest BCUT2D eigenvalue weighted by atomic mass is 9.87. The van der Waals surface area contributed by atoms with E-state index in [1.807, 2.05) is 31.6 Å². The Balaban J connectivity index is 1.69. The number of nitrogens with one attached hydrogen (secondary N) is 1. The van der Waals surface area contributed by atoms with E-state index in [1.54, 1.807) is 0 Å². The van der Waals surface area contributed by atoms with Crippen LogP contribution in [0.2, 0.25) is 0 Å². The van der Waals surface area contributed by atoms with Crippen molar-refractivity contribution in [2.75, 3.05) is 13.7 Å². The van der Waals surface area contributed by atoms with Crippen LogP contribution < -0.4 is 10.1 Å². The number of benzene rings is 1. The van der Waals surface area contributed by atoms with Crippen LogP contribution in [0.3, 0.4) is 0 Å². The SMILES string of the molecule is CNC1CCCc2c(OCCc3ccncc3)cccc21. The molecule has 2 aromatic rings. The lowest BCUT2D eigenvalue weighted by Gasteiger charge is -2.26. The van der Waals surface area contributed by atoms with Crippen molar-refractivity contribution in [3.63, 3.8) is 0 Å². The molecule has 1 aliphatic carbocycles. The average Bonchev–Trinajstić information content (AvgIpc) is 2.55. The fourth-order valence-electron chi connectivity index (χ4n) is 3.08. The third-order valence-corrected chi connectivity index (χ3v) is 4.21. The fourth-order valence-corrected chi connectivity index (χ4v) is 3.08. The molecule has 1 heterocycles. The van der Waals surface area contributed by atoms with Gasteiger partial charge in [0.05, 0.1) is 6.61 Å². The van der Waals surface area contributed by atoms with Crippen LogP contribution in [0.5, 0.6) is 5.75 Å². The minimum Gasteiger partial charge on any atom is -0.493 e. The monoisotopic (exact) mass is 282 g/mol. The maximum Gasteiger partial charge on any atom is 0.122 e. The van der Waals surface area contributed by atoms with Crippen LogP contribution in [-0.2, 0) is 12.8 Å².